The van der Waals surface area contributed by atoms with E-state index in [1.807, 2.05) is 212 Å². The summed E-state index contributed by atoms with van der Waals surface area (Å²) < 4.78 is 9.09. The molecule has 2 heterocycles. The number of nitrogens with one attached hydrogen (secondary N) is 1. The van der Waals surface area contributed by atoms with Crippen molar-refractivity contribution in [1.29, 1.82) is 0 Å². The van der Waals surface area contributed by atoms with Crippen molar-refractivity contribution in [3.63, 3.8) is 0 Å². The van der Waals surface area contributed by atoms with Crippen LogP contribution in [0.3, 0.4) is 0 Å². The maximum atomic E-state index is 12.3. The molecule has 13 heteroatoms. The number of benzene rings is 3. The largest absolute Gasteiger partial charge is 0.481 e. The maximum Gasteiger partial charge on any atom is 0.313 e. The molecule has 0 aliphatic heterocycles. The predicted octanol–water partition coefficient (Wildman–Crippen LogP) is 14.6. The molecule has 63 heavy (non-hydrogen) atoms. The topological polar surface area (TPSA) is 152 Å². The Morgan fingerprint density at radius 3 is 1.08 bits per heavy atom. The molecule has 2 aromatic heterocycles. The summed E-state index contributed by atoms with van der Waals surface area (Å²) in [5, 5.41) is 11.4. The van der Waals surface area contributed by atoms with Crippen molar-refractivity contribution in [1.82, 2.24) is 9.97 Å². The third-order valence-electron chi connectivity index (χ3n) is 7.67. The Morgan fingerprint density at radius 1 is 0.524 bits per heavy atom. The van der Waals surface area contributed by atoms with Gasteiger partial charge in [0.05, 0.1) is 16.2 Å². The lowest BCUT2D eigenvalue weighted by Crippen LogP contribution is -2.34. The van der Waals surface area contributed by atoms with E-state index in [-0.39, 0.29) is 11.1 Å². The molecular weight excluding hydrogens is 875 g/mol. The number of aliphatic carboxylic acids is 1. The molecule has 352 valence electrons. The van der Waals surface area contributed by atoms with Crippen LogP contribution in [0, 0.1) is 0 Å². The maximum absolute atomic E-state index is 12.3. The minimum Gasteiger partial charge on any atom is -0.481 e. The highest BCUT2D eigenvalue weighted by molar-refractivity contribution is 8.26. The van der Waals surface area contributed by atoms with Gasteiger partial charge in [-0.2, -0.15) is 0 Å². The number of nitrogens with zero attached hydrogens (tertiary/aromatic N) is 2. The molecule has 5 aromatic rings. The molecule has 0 fully saturated rings. The zero-order valence-corrected chi connectivity index (χ0v) is 43.5. The van der Waals surface area contributed by atoms with Gasteiger partial charge in [0.2, 0.25) is 20.4 Å². The van der Waals surface area contributed by atoms with Crippen LogP contribution in [-0.4, -0.2) is 36.4 Å². The van der Waals surface area contributed by atoms with E-state index in [4.69, 9.17) is 26.7 Å². The Bertz CT molecular complexity index is 1770. The summed E-state index contributed by atoms with van der Waals surface area (Å²) in [4.78, 5) is 42.0. The lowest BCUT2D eigenvalue weighted by atomic mass is 9.84. The first kappa shape index (κ1) is 67.5. The average Bonchev–Trinajstić information content (AvgIpc) is 3.31. The molecule has 1 amide bonds. The van der Waals surface area contributed by atoms with Gasteiger partial charge in [-0.15, -0.1) is 0 Å². The number of carbonyl (C=O) groups excluding carboxylic acids is 2. The molecule has 0 saturated heterocycles. The number of rotatable bonds is 7. The molecule has 3 aromatic carbocycles. The van der Waals surface area contributed by atoms with E-state index in [1.165, 1.54) is 0 Å². The minimum absolute atomic E-state index is 0.0626. The number of carboxylic acids is 1. The molecule has 0 aliphatic rings. The Kier molecular flexibility index (Phi) is 44.3. The first-order valence-electron chi connectivity index (χ1n) is 21.1. The van der Waals surface area contributed by atoms with Crippen LogP contribution in [0.4, 0.5) is 11.6 Å². The summed E-state index contributed by atoms with van der Waals surface area (Å²) in [7, 11) is 7.36. The Balaban J connectivity index is -0.000000222. The highest BCUT2D eigenvalue weighted by atomic mass is 36.0. The number of amides is 1. The molecular formula is C50H75Cl3N4O5S. The van der Waals surface area contributed by atoms with Gasteiger partial charge in [0.1, 0.15) is 11.6 Å². The second-order valence-electron chi connectivity index (χ2n) is 12.7. The number of nitrogens with two attached hydrogens (primary N) is 1. The van der Waals surface area contributed by atoms with Gasteiger partial charge in [0.25, 0.3) is 0 Å². The van der Waals surface area contributed by atoms with E-state index in [9.17, 15) is 14.4 Å². The van der Waals surface area contributed by atoms with Gasteiger partial charge in [-0.05, 0) is 94.1 Å². The summed E-state index contributed by atoms with van der Waals surface area (Å²) in [6.07, 6.45) is 3.32. The number of hydrogen-bond acceptors (Lipinski definition) is 7. The third kappa shape index (κ3) is 31.0. The zero-order chi connectivity index (χ0) is 50.1. The number of nitrogen functional groups attached to an aromatic ring is 1. The van der Waals surface area contributed by atoms with Crippen molar-refractivity contribution in [2.75, 3.05) is 11.1 Å². The van der Waals surface area contributed by atoms with Gasteiger partial charge < -0.3 is 16.2 Å². The van der Waals surface area contributed by atoms with Crippen LogP contribution in [0.25, 0.3) is 0 Å². The van der Waals surface area contributed by atoms with Crippen molar-refractivity contribution < 1.29 is 23.7 Å². The van der Waals surface area contributed by atoms with E-state index in [1.54, 1.807) is 38.4 Å². The lowest BCUT2D eigenvalue weighted by molar-refractivity contribution is -0.142. The molecule has 0 saturated carbocycles. The van der Waals surface area contributed by atoms with Crippen molar-refractivity contribution in [2.24, 2.45) is 0 Å². The zero-order valence-electron chi connectivity index (χ0n) is 40.4. The van der Waals surface area contributed by atoms with Crippen molar-refractivity contribution in [2.45, 2.75) is 127 Å². The van der Waals surface area contributed by atoms with Gasteiger partial charge in [0, 0.05) is 33.8 Å². The van der Waals surface area contributed by atoms with Gasteiger partial charge in [-0.1, -0.05) is 172 Å². The summed E-state index contributed by atoms with van der Waals surface area (Å²) in [6.45, 7) is 30.8. The normalized spacial score (nSPS) is 9.40. The van der Waals surface area contributed by atoms with E-state index in [0.717, 1.165) is 16.7 Å². The van der Waals surface area contributed by atoms with E-state index >= 15 is 0 Å². The van der Waals surface area contributed by atoms with Crippen molar-refractivity contribution in [3.8, 4) is 0 Å². The minimum atomic E-state index is -1.67. The van der Waals surface area contributed by atoms with Crippen LogP contribution in [0.5, 0.6) is 0 Å². The molecule has 0 aliphatic carbocycles. The number of aromatic nitrogens is 2. The van der Waals surface area contributed by atoms with Crippen molar-refractivity contribution >= 4 is 70.9 Å². The molecule has 9 nitrogen and oxygen atoms in total. The van der Waals surface area contributed by atoms with Crippen LogP contribution < -0.4 is 11.1 Å². The average molecular weight is 951 g/mol. The fourth-order valence-electron chi connectivity index (χ4n) is 4.02. The van der Waals surface area contributed by atoms with Crippen LogP contribution in [-0.2, 0) is 39.9 Å². The third-order valence-corrected chi connectivity index (χ3v) is 8.15. The van der Waals surface area contributed by atoms with Gasteiger partial charge in [-0.25, -0.2) is 14.2 Å². The predicted molar refractivity (Wildman–Crippen MR) is 275 cm³/mol. The van der Waals surface area contributed by atoms with Crippen LogP contribution >= 0.6 is 33.0 Å². The molecule has 0 spiro atoms. The number of hydrogen-bond donors (Lipinski definition) is 3. The van der Waals surface area contributed by atoms with Gasteiger partial charge in [0.15, 0.2) is 0 Å². The summed E-state index contributed by atoms with van der Waals surface area (Å²) in [6, 6.07) is 39.3. The molecule has 4 N–H and O–H groups in total. The van der Waals surface area contributed by atoms with Crippen LogP contribution in [0.2, 0.25) is 0 Å². The highest BCUT2D eigenvalue weighted by Crippen LogP contribution is 2.26. The van der Waals surface area contributed by atoms with E-state index in [0.29, 0.717) is 11.6 Å². The monoisotopic (exact) mass is 948 g/mol. The second-order valence-corrected chi connectivity index (χ2v) is 15.5. The quantitative estimate of drug-likeness (QED) is 0.136. The Morgan fingerprint density at radius 2 is 0.825 bits per heavy atom. The Hall–Kier alpha value is -4.61. The van der Waals surface area contributed by atoms with Crippen molar-refractivity contribution in [3.05, 3.63) is 156 Å². The fourth-order valence-corrected chi connectivity index (χ4v) is 4.13. The van der Waals surface area contributed by atoms with E-state index < -0.39 is 31.4 Å². The number of carboxylic acid groups (broad SMARTS) is 1. The Labute approximate surface area is 397 Å². The molecule has 0 unspecified atom stereocenters. The van der Waals surface area contributed by atoms with E-state index in [2.05, 4.69) is 36.6 Å². The SMILES string of the molecule is CC.CC.CC.CC.CC.CC(C)(C(=O)Cl)c1ccccc1.CC(C)(C(=O)Nc1ccccn1)c1ccccc1.CC(C)(C(=O)O)c1ccccc1.Nc1ccccn1.O=S(Cl)Cl. The standard InChI is InChI=1S/C15H16N2O.C10H11ClO.C10H12O2.C5H6N2.5C2H6.Cl2OS/c1-15(2,12-8-4-3-5-9-12)14(18)17-13-10-6-7-11-16-13;2*1-10(2,9(11)12)8-6-4-3-5-7-8;6-5-3-1-2-4-7-5;5*1-2;1-4(2)3/h3-11H,1-2H3,(H,16,17,18);3-7H,1-2H3;3-7H,1-2H3,(H,11,12);1-4H,(H2,6,7);5*1-2H3;. The number of carbonyl (C=O) groups is 3. The van der Waals surface area contributed by atoms with Crippen LogP contribution in [0.15, 0.2) is 140 Å². The highest BCUT2D eigenvalue weighted by Gasteiger charge is 2.30. The first-order chi connectivity index (χ1) is 29.8. The molecule has 5 rings (SSSR count). The summed E-state index contributed by atoms with van der Waals surface area (Å²) in [5.41, 5.74) is 6.06. The smallest absolute Gasteiger partial charge is 0.313 e. The fraction of sp³-hybridized carbons (Fsp3) is 0.380. The second kappa shape index (κ2) is 41.4. The number of halogens is 3. The van der Waals surface area contributed by atoms with Gasteiger partial charge in [-0.3, -0.25) is 14.4 Å². The lowest BCUT2D eigenvalue weighted by Gasteiger charge is -2.23. The first-order valence-corrected chi connectivity index (χ1v) is 24.2. The summed E-state index contributed by atoms with van der Waals surface area (Å²) >= 11 is 5.47. The van der Waals surface area contributed by atoms with Crippen LogP contribution in [0.1, 0.15) is 127 Å². The number of anilines is 2. The van der Waals surface area contributed by atoms with Gasteiger partial charge >= 0.3 is 5.97 Å². The molecule has 0 atom stereocenters. The molecule has 0 bridgehead atoms. The molecule has 0 radical (unpaired) electrons. The summed E-state index contributed by atoms with van der Waals surface area (Å²) in [5.74, 6) is 0.287. The number of pyridine rings is 2.